The minimum atomic E-state index is -0.0188. The molecule has 0 saturated heterocycles. The van der Waals surface area contributed by atoms with E-state index in [1.807, 2.05) is 0 Å². The van der Waals surface area contributed by atoms with Gasteiger partial charge in [-0.15, -0.1) is 10.2 Å². The third-order valence-corrected chi connectivity index (χ3v) is 5.97. The van der Waals surface area contributed by atoms with E-state index >= 15 is 0 Å². The van der Waals surface area contributed by atoms with Gasteiger partial charge in [0.05, 0.1) is 10.8 Å². The molecule has 1 heterocycles. The number of hydrogen-bond acceptors (Lipinski definition) is 5. The molecule has 1 fully saturated rings. The summed E-state index contributed by atoms with van der Waals surface area (Å²) in [6.07, 6.45) is 6.25. The van der Waals surface area contributed by atoms with Gasteiger partial charge in [0.2, 0.25) is 11.1 Å². The molecular formula is C17H21Cl2N5OS. The number of rotatable bonds is 6. The fourth-order valence-corrected chi connectivity index (χ4v) is 4.24. The molecule has 0 atom stereocenters. The average Bonchev–Trinajstić information content (AvgIpc) is 3.00. The summed E-state index contributed by atoms with van der Waals surface area (Å²) in [5.74, 6) is 7.33. The van der Waals surface area contributed by atoms with Crippen molar-refractivity contribution in [2.24, 2.45) is 5.92 Å². The summed E-state index contributed by atoms with van der Waals surface area (Å²) in [6.45, 7) is 0.750. The van der Waals surface area contributed by atoms with Gasteiger partial charge in [-0.05, 0) is 37.0 Å². The molecule has 1 aliphatic rings. The number of nitrogen functional groups attached to an aromatic ring is 1. The first kappa shape index (κ1) is 19.3. The first-order valence-electron chi connectivity index (χ1n) is 8.60. The number of benzene rings is 1. The molecule has 1 saturated carbocycles. The van der Waals surface area contributed by atoms with Gasteiger partial charge in [-0.2, -0.15) is 0 Å². The molecule has 0 radical (unpaired) electrons. The average molecular weight is 414 g/mol. The lowest BCUT2D eigenvalue weighted by atomic mass is 9.89. The predicted octanol–water partition coefficient (Wildman–Crippen LogP) is 3.75. The predicted molar refractivity (Wildman–Crippen MR) is 106 cm³/mol. The lowest BCUT2D eigenvalue weighted by Gasteiger charge is -2.21. The van der Waals surface area contributed by atoms with Crippen LogP contribution < -0.4 is 11.2 Å². The molecule has 0 bridgehead atoms. The number of aromatic nitrogens is 3. The quantitative estimate of drug-likeness (QED) is 0.556. The van der Waals surface area contributed by atoms with E-state index in [4.69, 9.17) is 29.0 Å². The normalized spacial score (nSPS) is 15.2. The zero-order valence-corrected chi connectivity index (χ0v) is 16.6. The highest BCUT2D eigenvalue weighted by molar-refractivity contribution is 7.99. The number of nitrogens with one attached hydrogen (secondary N) is 1. The molecule has 0 aliphatic heterocycles. The van der Waals surface area contributed by atoms with E-state index in [1.54, 1.807) is 18.2 Å². The van der Waals surface area contributed by atoms with E-state index in [9.17, 15) is 4.79 Å². The molecule has 1 aliphatic carbocycles. The van der Waals surface area contributed by atoms with E-state index in [0.717, 1.165) is 6.54 Å². The SMILES string of the molecule is Nn1c(SCC(=O)NCC2CCCCC2)nnc1-c1ccc(Cl)cc1Cl. The van der Waals surface area contributed by atoms with Crippen LogP contribution in [0.3, 0.4) is 0 Å². The number of hydrogen-bond donors (Lipinski definition) is 2. The molecule has 0 unspecified atom stereocenters. The molecule has 6 nitrogen and oxygen atoms in total. The van der Waals surface area contributed by atoms with Gasteiger partial charge < -0.3 is 11.2 Å². The standard InChI is InChI=1S/C17H21Cl2N5OS/c18-12-6-7-13(14(19)8-12)16-22-23-17(24(16)20)26-10-15(25)21-9-11-4-2-1-3-5-11/h6-8,11H,1-5,9-10,20H2,(H,21,25). The summed E-state index contributed by atoms with van der Waals surface area (Å²) in [6, 6.07) is 5.07. The Hall–Kier alpha value is -1.44. The van der Waals surface area contributed by atoms with Crippen LogP contribution >= 0.6 is 35.0 Å². The van der Waals surface area contributed by atoms with E-state index in [0.29, 0.717) is 32.5 Å². The van der Waals surface area contributed by atoms with Crippen molar-refractivity contribution in [2.45, 2.75) is 37.3 Å². The van der Waals surface area contributed by atoms with Crippen molar-refractivity contribution in [3.8, 4) is 11.4 Å². The number of thioether (sulfide) groups is 1. The summed E-state index contributed by atoms with van der Waals surface area (Å²) in [5.41, 5.74) is 0.639. The van der Waals surface area contributed by atoms with E-state index in [-0.39, 0.29) is 11.7 Å². The van der Waals surface area contributed by atoms with Crippen LogP contribution in [0.15, 0.2) is 23.4 Å². The van der Waals surface area contributed by atoms with Crippen molar-refractivity contribution in [1.29, 1.82) is 0 Å². The molecule has 3 N–H and O–H groups in total. The van der Waals surface area contributed by atoms with Gasteiger partial charge in [-0.25, -0.2) is 4.68 Å². The molecule has 140 valence electrons. The Bertz CT molecular complexity index is 777. The largest absolute Gasteiger partial charge is 0.355 e. The topological polar surface area (TPSA) is 85.8 Å². The van der Waals surface area contributed by atoms with Crippen molar-refractivity contribution in [3.05, 3.63) is 28.2 Å². The van der Waals surface area contributed by atoms with Crippen LogP contribution in [0.25, 0.3) is 11.4 Å². The Morgan fingerprint density at radius 2 is 2.04 bits per heavy atom. The number of carbonyl (C=O) groups excluding carboxylic acids is 1. The van der Waals surface area contributed by atoms with Crippen LogP contribution in [-0.2, 0) is 4.79 Å². The van der Waals surface area contributed by atoms with Crippen molar-refractivity contribution < 1.29 is 4.79 Å². The minimum absolute atomic E-state index is 0.0188. The fraction of sp³-hybridized carbons (Fsp3) is 0.471. The first-order chi connectivity index (χ1) is 12.5. The van der Waals surface area contributed by atoms with Gasteiger partial charge in [-0.1, -0.05) is 54.2 Å². The molecule has 3 rings (SSSR count). The summed E-state index contributed by atoms with van der Waals surface area (Å²) in [7, 11) is 0. The zero-order chi connectivity index (χ0) is 18.5. The maximum atomic E-state index is 12.1. The van der Waals surface area contributed by atoms with Crippen LogP contribution in [0.5, 0.6) is 0 Å². The lowest BCUT2D eigenvalue weighted by molar-refractivity contribution is -0.118. The Balaban J connectivity index is 1.55. The number of carbonyl (C=O) groups is 1. The van der Waals surface area contributed by atoms with E-state index in [1.165, 1.54) is 48.5 Å². The monoisotopic (exact) mass is 413 g/mol. The van der Waals surface area contributed by atoms with Gasteiger partial charge >= 0.3 is 0 Å². The van der Waals surface area contributed by atoms with Crippen LogP contribution in [-0.4, -0.2) is 33.1 Å². The Morgan fingerprint density at radius 3 is 2.77 bits per heavy atom. The second-order valence-electron chi connectivity index (χ2n) is 6.40. The van der Waals surface area contributed by atoms with Gasteiger partial charge in [0, 0.05) is 17.1 Å². The molecule has 26 heavy (non-hydrogen) atoms. The van der Waals surface area contributed by atoms with Crippen LogP contribution in [0.2, 0.25) is 10.0 Å². The van der Waals surface area contributed by atoms with Crippen molar-refractivity contribution in [3.63, 3.8) is 0 Å². The molecule has 1 aromatic carbocycles. The number of nitrogens with two attached hydrogens (primary N) is 1. The third kappa shape index (κ3) is 4.84. The summed E-state index contributed by atoms with van der Waals surface area (Å²) >= 11 is 13.4. The van der Waals surface area contributed by atoms with Gasteiger partial charge in [0.25, 0.3) is 0 Å². The summed E-state index contributed by atoms with van der Waals surface area (Å²) in [5, 5.41) is 12.6. The molecular weight excluding hydrogens is 393 g/mol. The molecule has 1 amide bonds. The fourth-order valence-electron chi connectivity index (χ4n) is 3.06. The number of nitrogens with zero attached hydrogens (tertiary/aromatic N) is 3. The molecule has 0 spiro atoms. The highest BCUT2D eigenvalue weighted by Gasteiger charge is 2.17. The lowest BCUT2D eigenvalue weighted by Crippen LogP contribution is -2.31. The Kier molecular flexibility index (Phi) is 6.67. The maximum absolute atomic E-state index is 12.1. The van der Waals surface area contributed by atoms with E-state index in [2.05, 4.69) is 15.5 Å². The van der Waals surface area contributed by atoms with Gasteiger partial charge in [-0.3, -0.25) is 4.79 Å². The summed E-state index contributed by atoms with van der Waals surface area (Å²) in [4.78, 5) is 12.1. The third-order valence-electron chi connectivity index (χ3n) is 4.48. The maximum Gasteiger partial charge on any atom is 0.230 e. The van der Waals surface area contributed by atoms with Crippen molar-refractivity contribution in [1.82, 2.24) is 20.2 Å². The second kappa shape index (κ2) is 8.97. The van der Waals surface area contributed by atoms with Crippen molar-refractivity contribution >= 4 is 40.9 Å². The van der Waals surface area contributed by atoms with Crippen LogP contribution in [0.4, 0.5) is 0 Å². The van der Waals surface area contributed by atoms with Gasteiger partial charge in [0.1, 0.15) is 0 Å². The second-order valence-corrected chi connectivity index (χ2v) is 8.18. The van der Waals surface area contributed by atoms with Crippen LogP contribution in [0, 0.1) is 5.92 Å². The molecule has 9 heteroatoms. The Morgan fingerprint density at radius 1 is 1.27 bits per heavy atom. The zero-order valence-electron chi connectivity index (χ0n) is 14.3. The minimum Gasteiger partial charge on any atom is -0.355 e. The highest BCUT2D eigenvalue weighted by atomic mass is 35.5. The molecule has 1 aromatic heterocycles. The molecule has 2 aromatic rings. The van der Waals surface area contributed by atoms with Crippen LogP contribution in [0.1, 0.15) is 32.1 Å². The van der Waals surface area contributed by atoms with E-state index < -0.39 is 0 Å². The highest BCUT2D eigenvalue weighted by Crippen LogP contribution is 2.30. The smallest absolute Gasteiger partial charge is 0.230 e. The first-order valence-corrected chi connectivity index (χ1v) is 10.3. The Labute approximate surface area is 166 Å². The summed E-state index contributed by atoms with van der Waals surface area (Å²) < 4.78 is 1.34. The number of amides is 1. The van der Waals surface area contributed by atoms with Gasteiger partial charge in [0.15, 0.2) is 5.82 Å². The van der Waals surface area contributed by atoms with Crippen molar-refractivity contribution in [2.75, 3.05) is 18.1 Å². The number of halogens is 2.